The number of rotatable bonds is 0. The highest BCUT2D eigenvalue weighted by Crippen LogP contribution is 2.53. The van der Waals surface area contributed by atoms with E-state index in [1.807, 2.05) is 0 Å². The second-order valence-electron chi connectivity index (χ2n) is 6.70. The summed E-state index contributed by atoms with van der Waals surface area (Å²) in [5.41, 5.74) is 7.33. The van der Waals surface area contributed by atoms with Crippen LogP contribution < -0.4 is 0 Å². The molecule has 2 heteroatoms. The van der Waals surface area contributed by atoms with Crippen LogP contribution in [-0.2, 0) is 6.42 Å². The smallest absolute Gasteiger partial charge is 0.0519 e. The second kappa shape index (κ2) is 3.89. The largest absolute Gasteiger partial charge is 0.357 e. The van der Waals surface area contributed by atoms with Gasteiger partial charge in [-0.25, -0.2) is 0 Å². The number of aromatic amines is 1. The molecule has 0 radical (unpaired) electrons. The lowest BCUT2D eigenvalue weighted by atomic mass is 9.68. The van der Waals surface area contributed by atoms with E-state index in [-0.39, 0.29) is 0 Å². The number of aromatic nitrogens is 1. The first-order chi connectivity index (χ1) is 10.3. The zero-order valence-electron chi connectivity index (χ0n) is 12.4. The third-order valence-electron chi connectivity index (χ3n) is 5.90. The summed E-state index contributed by atoms with van der Waals surface area (Å²) in [6.07, 6.45) is 4.64. The van der Waals surface area contributed by atoms with Crippen LogP contribution in [-0.4, -0.2) is 22.5 Å². The van der Waals surface area contributed by atoms with Crippen LogP contribution in [0, 0.1) is 5.92 Å². The van der Waals surface area contributed by atoms with Crippen LogP contribution in [0.1, 0.15) is 30.6 Å². The second-order valence-corrected chi connectivity index (χ2v) is 6.70. The van der Waals surface area contributed by atoms with Crippen molar-refractivity contribution >= 4 is 10.9 Å². The van der Waals surface area contributed by atoms with Gasteiger partial charge >= 0.3 is 0 Å². The Hall–Kier alpha value is -1.80. The van der Waals surface area contributed by atoms with Crippen molar-refractivity contribution in [3.63, 3.8) is 0 Å². The van der Waals surface area contributed by atoms with Gasteiger partial charge in [0.25, 0.3) is 0 Å². The summed E-state index contributed by atoms with van der Waals surface area (Å²) in [6, 6.07) is 9.85. The minimum atomic E-state index is 0.546. The van der Waals surface area contributed by atoms with Gasteiger partial charge in [0.2, 0.25) is 0 Å². The number of nitrogens with one attached hydrogen (secondary N) is 1. The molecular formula is C19H20N2. The first-order valence-corrected chi connectivity index (χ1v) is 7.97. The molecule has 3 saturated heterocycles. The molecule has 4 aliphatic rings. The molecule has 4 aliphatic heterocycles. The number of hydrogen-bond acceptors (Lipinski definition) is 1. The van der Waals surface area contributed by atoms with Gasteiger partial charge in [-0.05, 0) is 31.4 Å². The molecule has 0 saturated carbocycles. The third-order valence-corrected chi connectivity index (χ3v) is 5.90. The van der Waals surface area contributed by atoms with Crippen molar-refractivity contribution in [3.8, 4) is 0 Å². The molecule has 3 fully saturated rings. The maximum atomic E-state index is 4.46. The van der Waals surface area contributed by atoms with Crippen LogP contribution in [0.5, 0.6) is 0 Å². The quantitative estimate of drug-likeness (QED) is 0.721. The van der Waals surface area contributed by atoms with Gasteiger partial charge in [0.05, 0.1) is 6.04 Å². The molecule has 2 aromatic rings. The summed E-state index contributed by atoms with van der Waals surface area (Å²) in [4.78, 5) is 6.39. The lowest BCUT2D eigenvalue weighted by Gasteiger charge is -2.55. The molecule has 1 aromatic carbocycles. The van der Waals surface area contributed by atoms with Gasteiger partial charge in [0.15, 0.2) is 0 Å². The van der Waals surface area contributed by atoms with E-state index < -0.39 is 0 Å². The molecule has 106 valence electrons. The summed E-state index contributed by atoms with van der Waals surface area (Å²) in [5, 5.41) is 1.42. The van der Waals surface area contributed by atoms with Crippen molar-refractivity contribution in [3.05, 3.63) is 59.3 Å². The van der Waals surface area contributed by atoms with Gasteiger partial charge in [-0.2, -0.15) is 0 Å². The number of piperidine rings is 3. The standard InChI is InChI=1S/C19H20N2/c1-3-12-10-21-17-9-15-13-6-4-5-7-16(13)20-19(15)18(21)8-14(12)11(17)2/h3-7,14,17-18,20H,2,8-10H2,1H3/b12-3-/t14-,17+,18+/m1/s1. The fraction of sp³-hybridized carbons (Fsp3) is 0.368. The lowest BCUT2D eigenvalue weighted by Crippen LogP contribution is -2.56. The van der Waals surface area contributed by atoms with E-state index >= 15 is 0 Å². The average Bonchev–Trinajstić information content (AvgIpc) is 2.89. The van der Waals surface area contributed by atoms with Crippen LogP contribution in [0.3, 0.4) is 0 Å². The van der Waals surface area contributed by atoms with E-state index in [4.69, 9.17) is 0 Å². The number of H-pyrrole nitrogens is 1. The molecule has 0 aliphatic carbocycles. The highest BCUT2D eigenvalue weighted by Gasteiger charge is 2.49. The van der Waals surface area contributed by atoms with Gasteiger partial charge in [-0.15, -0.1) is 0 Å². The third kappa shape index (κ3) is 1.36. The monoisotopic (exact) mass is 276 g/mol. The summed E-state index contributed by atoms with van der Waals surface area (Å²) in [5.74, 6) is 0.606. The topological polar surface area (TPSA) is 19.0 Å². The summed E-state index contributed by atoms with van der Waals surface area (Å²) < 4.78 is 0. The van der Waals surface area contributed by atoms with Crippen LogP contribution in [0.2, 0.25) is 0 Å². The van der Waals surface area contributed by atoms with Crippen LogP contribution in [0.25, 0.3) is 10.9 Å². The fourth-order valence-corrected chi connectivity index (χ4v) is 4.85. The van der Waals surface area contributed by atoms with Crippen molar-refractivity contribution in [2.24, 2.45) is 5.92 Å². The average molecular weight is 276 g/mol. The van der Waals surface area contributed by atoms with E-state index in [1.165, 1.54) is 28.6 Å². The first-order valence-electron chi connectivity index (χ1n) is 7.97. The minimum absolute atomic E-state index is 0.546. The van der Waals surface area contributed by atoms with Crippen molar-refractivity contribution in [2.45, 2.75) is 31.8 Å². The fourth-order valence-electron chi connectivity index (χ4n) is 4.85. The van der Waals surface area contributed by atoms with Crippen molar-refractivity contribution in [1.82, 2.24) is 9.88 Å². The van der Waals surface area contributed by atoms with Crippen molar-refractivity contribution in [1.29, 1.82) is 0 Å². The number of para-hydroxylation sites is 1. The summed E-state index contributed by atoms with van der Waals surface area (Å²) in [6.45, 7) is 7.76. The molecule has 0 amide bonds. The highest BCUT2D eigenvalue weighted by molar-refractivity contribution is 5.85. The van der Waals surface area contributed by atoms with E-state index in [2.05, 4.69) is 53.7 Å². The maximum absolute atomic E-state index is 4.46. The normalized spacial score (nSPS) is 35.5. The molecule has 4 bridgehead atoms. The molecular weight excluding hydrogens is 256 g/mol. The number of allylic oxidation sites excluding steroid dienone is 1. The number of benzene rings is 1. The van der Waals surface area contributed by atoms with Gasteiger partial charge < -0.3 is 4.98 Å². The Morgan fingerprint density at radius 3 is 3.00 bits per heavy atom. The maximum Gasteiger partial charge on any atom is 0.0519 e. The molecule has 1 aromatic heterocycles. The van der Waals surface area contributed by atoms with Gasteiger partial charge in [0.1, 0.15) is 0 Å². The Labute approximate surface area is 125 Å². The Balaban J connectivity index is 1.72. The lowest BCUT2D eigenvalue weighted by molar-refractivity contribution is 0.0629. The number of hydrogen-bond donors (Lipinski definition) is 1. The molecule has 21 heavy (non-hydrogen) atoms. The zero-order chi connectivity index (χ0) is 14.1. The Kier molecular flexibility index (Phi) is 2.19. The molecule has 6 rings (SSSR count). The molecule has 0 spiro atoms. The summed E-state index contributed by atoms with van der Waals surface area (Å²) >= 11 is 0. The number of fused-ring (bicyclic) bond motifs is 4. The van der Waals surface area contributed by atoms with E-state index in [1.54, 1.807) is 11.1 Å². The predicted molar refractivity (Wildman–Crippen MR) is 86.2 cm³/mol. The zero-order valence-corrected chi connectivity index (χ0v) is 12.4. The Morgan fingerprint density at radius 2 is 2.14 bits per heavy atom. The van der Waals surface area contributed by atoms with E-state index in [9.17, 15) is 0 Å². The molecule has 1 N–H and O–H groups in total. The Morgan fingerprint density at radius 1 is 1.29 bits per heavy atom. The molecule has 1 unspecified atom stereocenters. The van der Waals surface area contributed by atoms with Crippen molar-refractivity contribution < 1.29 is 0 Å². The highest BCUT2D eigenvalue weighted by atomic mass is 15.2. The Bertz CT molecular complexity index is 795. The molecule has 5 heterocycles. The van der Waals surface area contributed by atoms with Crippen molar-refractivity contribution in [2.75, 3.05) is 6.54 Å². The molecule has 4 atom stereocenters. The first kappa shape index (κ1) is 11.8. The predicted octanol–water partition coefficient (Wildman–Crippen LogP) is 3.97. The van der Waals surface area contributed by atoms with Crippen LogP contribution in [0.15, 0.2) is 48.1 Å². The van der Waals surface area contributed by atoms with Gasteiger partial charge in [-0.3, -0.25) is 4.90 Å². The van der Waals surface area contributed by atoms with Gasteiger partial charge in [0, 0.05) is 35.1 Å². The molecule has 2 nitrogen and oxygen atoms in total. The van der Waals surface area contributed by atoms with Gasteiger partial charge in [-0.1, -0.05) is 42.0 Å². The van der Waals surface area contributed by atoms with E-state index in [0.717, 1.165) is 13.0 Å². The van der Waals surface area contributed by atoms with Crippen LogP contribution >= 0.6 is 0 Å². The summed E-state index contributed by atoms with van der Waals surface area (Å²) in [7, 11) is 0. The number of nitrogens with zero attached hydrogens (tertiary/aromatic N) is 1. The minimum Gasteiger partial charge on any atom is -0.357 e. The SMILES string of the molecule is C=C1[C@H]2C[C@H]3c4[nH]c5ccccc5c4C[C@@H]1N3C/C2=C/C. The van der Waals surface area contributed by atoms with Crippen LogP contribution in [0.4, 0.5) is 0 Å². The van der Waals surface area contributed by atoms with E-state index in [0.29, 0.717) is 18.0 Å².